The number of fused-ring (bicyclic) bond motifs is 4. The van der Waals surface area contributed by atoms with Crippen molar-refractivity contribution >= 4 is 21.8 Å². The molecule has 2 bridgehead atoms. The largest absolute Gasteiger partial charge is 0.482 e. The van der Waals surface area contributed by atoms with E-state index in [1.807, 2.05) is 30.3 Å². The minimum atomic E-state index is -0.295. The fraction of sp³-hybridized carbons (Fsp3) is 0.333. The maximum absolute atomic E-state index is 12.9. The zero-order chi connectivity index (χ0) is 17.4. The van der Waals surface area contributed by atoms with E-state index in [9.17, 15) is 9.59 Å². The van der Waals surface area contributed by atoms with E-state index in [2.05, 4.69) is 20.9 Å². The fourth-order valence-corrected chi connectivity index (χ4v) is 3.63. The number of hydrogen-bond acceptors (Lipinski definition) is 4. The highest BCUT2D eigenvalue weighted by molar-refractivity contribution is 9.10. The van der Waals surface area contributed by atoms with Gasteiger partial charge in [0.15, 0.2) is 11.4 Å². The Morgan fingerprint density at radius 1 is 1.08 bits per heavy atom. The standard InChI is InChI=1S/C18H18BrN3O3/c19-14-10-22-15(18(24)20-8-4-5-9-21(22)12-20)17(16(14)23)25-11-13-6-2-1-3-7-13/h1-3,6-7,10H,4-5,8-9,11-12H2. The van der Waals surface area contributed by atoms with Crippen LogP contribution in [0.4, 0.5) is 0 Å². The average molecular weight is 404 g/mol. The lowest BCUT2D eigenvalue weighted by atomic mass is 10.2. The number of ether oxygens (including phenoxy) is 1. The molecule has 1 amide bonds. The third kappa shape index (κ3) is 2.93. The first-order valence-electron chi connectivity index (χ1n) is 8.31. The highest BCUT2D eigenvalue weighted by Crippen LogP contribution is 2.26. The third-order valence-corrected chi connectivity index (χ3v) is 5.12. The molecule has 0 saturated carbocycles. The van der Waals surface area contributed by atoms with E-state index in [0.29, 0.717) is 23.4 Å². The van der Waals surface area contributed by atoms with Crippen LogP contribution in [0.15, 0.2) is 45.8 Å². The lowest BCUT2D eigenvalue weighted by molar-refractivity contribution is 0.0699. The molecule has 4 rings (SSSR count). The minimum Gasteiger partial charge on any atom is -0.482 e. The molecule has 0 radical (unpaired) electrons. The molecule has 1 aromatic heterocycles. The van der Waals surface area contributed by atoms with Crippen molar-refractivity contribution in [1.82, 2.24) is 9.58 Å². The van der Waals surface area contributed by atoms with Crippen LogP contribution in [0.1, 0.15) is 28.9 Å². The van der Waals surface area contributed by atoms with E-state index < -0.39 is 0 Å². The van der Waals surface area contributed by atoms with Crippen molar-refractivity contribution < 1.29 is 9.53 Å². The van der Waals surface area contributed by atoms with Gasteiger partial charge in [0, 0.05) is 19.3 Å². The smallest absolute Gasteiger partial charge is 0.277 e. The van der Waals surface area contributed by atoms with Crippen molar-refractivity contribution in [1.29, 1.82) is 0 Å². The van der Waals surface area contributed by atoms with Gasteiger partial charge in [0.05, 0.1) is 4.47 Å². The lowest BCUT2D eigenvalue weighted by Crippen LogP contribution is -2.53. The van der Waals surface area contributed by atoms with Gasteiger partial charge in [-0.05, 0) is 34.3 Å². The van der Waals surface area contributed by atoms with Crippen molar-refractivity contribution in [3.05, 3.63) is 62.5 Å². The first-order valence-corrected chi connectivity index (χ1v) is 9.11. The maximum Gasteiger partial charge on any atom is 0.277 e. The van der Waals surface area contributed by atoms with Crippen LogP contribution < -0.4 is 15.2 Å². The molecular formula is C18H18BrN3O3. The Bertz CT molecular complexity index is 866. The topological polar surface area (TPSA) is 54.8 Å². The monoisotopic (exact) mass is 403 g/mol. The number of amides is 1. The van der Waals surface area contributed by atoms with Gasteiger partial charge < -0.3 is 9.64 Å². The van der Waals surface area contributed by atoms with Crippen LogP contribution in [-0.2, 0) is 6.61 Å². The predicted octanol–water partition coefficient (Wildman–Crippen LogP) is 2.33. The van der Waals surface area contributed by atoms with Crippen LogP contribution in [0.25, 0.3) is 0 Å². The second-order valence-electron chi connectivity index (χ2n) is 6.25. The SMILES string of the molecule is O=C1c2c(OCc3ccccc3)c(=O)c(Br)cn2N2CCCCN1C2. The van der Waals surface area contributed by atoms with Crippen LogP contribution in [0.3, 0.4) is 0 Å². The Hall–Kier alpha value is -2.28. The third-order valence-electron chi connectivity index (χ3n) is 4.55. The van der Waals surface area contributed by atoms with Crippen molar-refractivity contribution in [3.8, 4) is 5.75 Å². The number of benzene rings is 1. The average Bonchev–Trinajstić information content (AvgIpc) is 2.86. The molecule has 7 heteroatoms. The summed E-state index contributed by atoms with van der Waals surface area (Å²) >= 11 is 3.32. The summed E-state index contributed by atoms with van der Waals surface area (Å²) in [6.07, 6.45) is 3.64. The number of carbonyl (C=O) groups excluding carboxylic acids is 1. The molecule has 25 heavy (non-hydrogen) atoms. The molecule has 2 aromatic rings. The molecule has 6 nitrogen and oxygen atoms in total. The highest BCUT2D eigenvalue weighted by atomic mass is 79.9. The Balaban J connectivity index is 1.78. The Kier molecular flexibility index (Phi) is 4.25. The molecule has 0 unspecified atom stereocenters. The summed E-state index contributed by atoms with van der Waals surface area (Å²) < 4.78 is 8.01. The summed E-state index contributed by atoms with van der Waals surface area (Å²) in [5, 5.41) is 2.07. The van der Waals surface area contributed by atoms with Gasteiger partial charge in [0.1, 0.15) is 13.3 Å². The summed E-state index contributed by atoms with van der Waals surface area (Å²) in [5.41, 5.74) is 0.968. The molecule has 130 valence electrons. The van der Waals surface area contributed by atoms with E-state index in [4.69, 9.17) is 4.74 Å². The first-order chi connectivity index (χ1) is 12.1. The molecule has 3 heterocycles. The quantitative estimate of drug-likeness (QED) is 0.788. The van der Waals surface area contributed by atoms with E-state index in [1.54, 1.807) is 15.8 Å². The Morgan fingerprint density at radius 3 is 2.64 bits per heavy atom. The van der Waals surface area contributed by atoms with Crippen LogP contribution in [0.5, 0.6) is 5.75 Å². The molecule has 1 aromatic carbocycles. The molecule has 0 spiro atoms. The number of halogens is 1. The molecule has 1 saturated heterocycles. The van der Waals surface area contributed by atoms with Crippen LogP contribution >= 0.6 is 15.9 Å². The summed E-state index contributed by atoms with van der Waals surface area (Å²) in [6, 6.07) is 9.61. The predicted molar refractivity (Wildman–Crippen MR) is 97.4 cm³/mol. The van der Waals surface area contributed by atoms with Crippen molar-refractivity contribution in [3.63, 3.8) is 0 Å². The lowest BCUT2D eigenvalue weighted by Gasteiger charge is -2.38. The second kappa shape index (κ2) is 6.55. The number of aromatic nitrogens is 1. The van der Waals surface area contributed by atoms with Gasteiger partial charge in [-0.15, -0.1) is 0 Å². The van der Waals surface area contributed by atoms with Crippen molar-refractivity contribution in [2.24, 2.45) is 0 Å². The number of carbonyl (C=O) groups is 1. The van der Waals surface area contributed by atoms with Crippen LogP contribution in [0.2, 0.25) is 0 Å². The van der Waals surface area contributed by atoms with Crippen LogP contribution in [0, 0.1) is 0 Å². The number of pyridine rings is 1. The molecule has 0 aliphatic carbocycles. The van der Waals surface area contributed by atoms with Crippen LogP contribution in [-0.4, -0.2) is 35.2 Å². The molecule has 0 atom stereocenters. The molecule has 1 fully saturated rings. The molecule has 2 aliphatic rings. The van der Waals surface area contributed by atoms with Gasteiger partial charge in [-0.2, -0.15) is 0 Å². The Labute approximate surface area is 153 Å². The van der Waals surface area contributed by atoms with Gasteiger partial charge >= 0.3 is 0 Å². The minimum absolute atomic E-state index is 0.111. The molecular weight excluding hydrogens is 386 g/mol. The summed E-state index contributed by atoms with van der Waals surface area (Å²) in [4.78, 5) is 27.3. The zero-order valence-corrected chi connectivity index (χ0v) is 15.2. The highest BCUT2D eigenvalue weighted by Gasteiger charge is 2.34. The summed E-state index contributed by atoms with van der Waals surface area (Å²) in [7, 11) is 0. The van der Waals surface area contributed by atoms with Gasteiger partial charge in [0.2, 0.25) is 5.43 Å². The summed E-state index contributed by atoms with van der Waals surface area (Å²) in [6.45, 7) is 2.33. The van der Waals surface area contributed by atoms with Gasteiger partial charge in [-0.25, -0.2) is 0 Å². The van der Waals surface area contributed by atoms with E-state index in [-0.39, 0.29) is 23.7 Å². The van der Waals surface area contributed by atoms with Crippen molar-refractivity contribution in [2.45, 2.75) is 19.4 Å². The van der Waals surface area contributed by atoms with E-state index in [0.717, 1.165) is 24.9 Å². The Morgan fingerprint density at radius 2 is 1.84 bits per heavy atom. The molecule has 2 aliphatic heterocycles. The number of hydrogen-bond donors (Lipinski definition) is 0. The number of nitrogens with zero attached hydrogens (tertiary/aromatic N) is 3. The zero-order valence-electron chi connectivity index (χ0n) is 13.7. The summed E-state index contributed by atoms with van der Waals surface area (Å²) in [5.74, 6) is -0.0364. The van der Waals surface area contributed by atoms with Gasteiger partial charge in [0.25, 0.3) is 5.91 Å². The van der Waals surface area contributed by atoms with Crippen molar-refractivity contribution in [2.75, 3.05) is 24.8 Å². The van der Waals surface area contributed by atoms with Gasteiger partial charge in [-0.3, -0.25) is 19.3 Å². The number of rotatable bonds is 3. The second-order valence-corrected chi connectivity index (χ2v) is 7.10. The maximum atomic E-state index is 12.9. The van der Waals surface area contributed by atoms with E-state index >= 15 is 0 Å². The van der Waals surface area contributed by atoms with E-state index in [1.165, 1.54) is 0 Å². The normalized spacial score (nSPS) is 16.4. The molecule has 0 N–H and O–H groups in total. The fourth-order valence-electron chi connectivity index (χ4n) is 3.26. The van der Waals surface area contributed by atoms with Gasteiger partial charge in [-0.1, -0.05) is 30.3 Å². The first kappa shape index (κ1) is 16.2.